The molecular formula is C10H20N2O. The number of nitrogens with zero attached hydrogens (tertiary/aromatic N) is 2. The van der Waals surface area contributed by atoms with Crippen molar-refractivity contribution in [2.45, 2.75) is 13.0 Å². The molecule has 13 heavy (non-hydrogen) atoms. The van der Waals surface area contributed by atoms with Crippen LogP contribution in [0.3, 0.4) is 0 Å². The molecule has 0 radical (unpaired) electrons. The van der Waals surface area contributed by atoms with E-state index < -0.39 is 0 Å². The van der Waals surface area contributed by atoms with E-state index >= 15 is 0 Å². The summed E-state index contributed by atoms with van der Waals surface area (Å²) in [6.07, 6.45) is 0. The number of ether oxygens (including phenoxy) is 1. The van der Waals surface area contributed by atoms with Crippen molar-refractivity contribution in [2.75, 3.05) is 46.4 Å². The lowest BCUT2D eigenvalue weighted by atomic mass is 10.0. The van der Waals surface area contributed by atoms with E-state index in [0.29, 0.717) is 0 Å². The fourth-order valence-corrected chi connectivity index (χ4v) is 2.57. The number of morpholine rings is 1. The number of likely N-dealkylation sites (N-methyl/N-ethyl adjacent to an activating group) is 1. The minimum Gasteiger partial charge on any atom is -0.379 e. The largest absolute Gasteiger partial charge is 0.379 e. The summed E-state index contributed by atoms with van der Waals surface area (Å²) in [5.41, 5.74) is 0. The van der Waals surface area contributed by atoms with Gasteiger partial charge < -0.3 is 9.64 Å². The van der Waals surface area contributed by atoms with E-state index in [2.05, 4.69) is 23.8 Å². The van der Waals surface area contributed by atoms with E-state index in [0.717, 1.165) is 38.3 Å². The van der Waals surface area contributed by atoms with Gasteiger partial charge in [-0.1, -0.05) is 6.92 Å². The Bertz CT molecular complexity index is 168. The average Bonchev–Trinajstić information content (AvgIpc) is 2.47. The van der Waals surface area contributed by atoms with Gasteiger partial charge in [-0.3, -0.25) is 4.90 Å². The Morgan fingerprint density at radius 1 is 1.15 bits per heavy atom. The zero-order valence-corrected chi connectivity index (χ0v) is 8.70. The van der Waals surface area contributed by atoms with Crippen LogP contribution in [0.4, 0.5) is 0 Å². The van der Waals surface area contributed by atoms with Crippen molar-refractivity contribution in [3.63, 3.8) is 0 Å². The van der Waals surface area contributed by atoms with E-state index in [1.165, 1.54) is 13.1 Å². The quantitative estimate of drug-likeness (QED) is 0.582. The lowest BCUT2D eigenvalue weighted by molar-refractivity contribution is 0.0121. The highest BCUT2D eigenvalue weighted by Gasteiger charge is 2.32. The number of hydrogen-bond donors (Lipinski definition) is 0. The standard InChI is InChI=1S/C10H20N2O/c1-9-7-11(2)8-10(9)12-3-5-13-6-4-12/h9-10H,3-8H2,1-2H3/t9-,10?/m0/s1. The highest BCUT2D eigenvalue weighted by atomic mass is 16.5. The van der Waals surface area contributed by atoms with E-state index in [4.69, 9.17) is 4.74 Å². The molecule has 0 aromatic carbocycles. The molecule has 0 aromatic rings. The van der Waals surface area contributed by atoms with Gasteiger partial charge in [-0.05, 0) is 13.0 Å². The maximum absolute atomic E-state index is 5.37. The normalized spacial score (nSPS) is 38.3. The predicted octanol–water partition coefficient (Wildman–Crippen LogP) is 0.269. The summed E-state index contributed by atoms with van der Waals surface area (Å²) in [5.74, 6) is 0.822. The minimum absolute atomic E-state index is 0.772. The zero-order valence-electron chi connectivity index (χ0n) is 8.70. The van der Waals surface area contributed by atoms with Crippen LogP contribution < -0.4 is 0 Å². The van der Waals surface area contributed by atoms with Crippen molar-refractivity contribution in [2.24, 2.45) is 5.92 Å². The molecule has 2 heterocycles. The predicted molar refractivity (Wildman–Crippen MR) is 52.8 cm³/mol. The molecule has 1 unspecified atom stereocenters. The molecule has 2 saturated heterocycles. The molecule has 2 fully saturated rings. The van der Waals surface area contributed by atoms with Crippen LogP contribution in [0.2, 0.25) is 0 Å². The third-order valence-corrected chi connectivity index (χ3v) is 3.27. The summed E-state index contributed by atoms with van der Waals surface area (Å²) in [7, 11) is 2.22. The number of likely N-dealkylation sites (tertiary alicyclic amines) is 1. The van der Waals surface area contributed by atoms with Gasteiger partial charge in [0.2, 0.25) is 0 Å². The van der Waals surface area contributed by atoms with Crippen LogP contribution >= 0.6 is 0 Å². The second-order valence-electron chi connectivity index (χ2n) is 4.41. The Kier molecular flexibility index (Phi) is 2.86. The molecule has 2 atom stereocenters. The molecule has 2 rings (SSSR count). The van der Waals surface area contributed by atoms with E-state index in [1.807, 2.05) is 0 Å². The molecule has 0 bridgehead atoms. The molecule has 2 aliphatic heterocycles. The van der Waals surface area contributed by atoms with Gasteiger partial charge in [0.25, 0.3) is 0 Å². The first-order valence-corrected chi connectivity index (χ1v) is 5.27. The summed E-state index contributed by atoms with van der Waals surface area (Å²) in [6.45, 7) is 8.96. The SMILES string of the molecule is C[C@H]1CN(C)CC1N1CCOCC1. The number of hydrogen-bond acceptors (Lipinski definition) is 3. The Morgan fingerprint density at radius 2 is 1.85 bits per heavy atom. The maximum atomic E-state index is 5.37. The average molecular weight is 184 g/mol. The number of rotatable bonds is 1. The second kappa shape index (κ2) is 3.95. The fourth-order valence-electron chi connectivity index (χ4n) is 2.57. The van der Waals surface area contributed by atoms with E-state index in [1.54, 1.807) is 0 Å². The summed E-state index contributed by atoms with van der Waals surface area (Å²) < 4.78 is 5.37. The topological polar surface area (TPSA) is 15.7 Å². The van der Waals surface area contributed by atoms with Crippen LogP contribution in [0.15, 0.2) is 0 Å². The second-order valence-corrected chi connectivity index (χ2v) is 4.41. The third-order valence-electron chi connectivity index (χ3n) is 3.27. The Hall–Kier alpha value is -0.120. The maximum Gasteiger partial charge on any atom is 0.0594 e. The molecule has 3 heteroatoms. The molecule has 0 spiro atoms. The summed E-state index contributed by atoms with van der Waals surface area (Å²) in [4.78, 5) is 5.03. The minimum atomic E-state index is 0.772. The first kappa shape index (κ1) is 9.44. The first-order chi connectivity index (χ1) is 6.27. The van der Waals surface area contributed by atoms with Crippen LogP contribution in [-0.2, 0) is 4.74 Å². The molecule has 0 aliphatic carbocycles. The van der Waals surface area contributed by atoms with Gasteiger partial charge >= 0.3 is 0 Å². The molecular weight excluding hydrogens is 164 g/mol. The lowest BCUT2D eigenvalue weighted by Crippen LogP contribution is -2.46. The van der Waals surface area contributed by atoms with Gasteiger partial charge in [0.05, 0.1) is 13.2 Å². The summed E-state index contributed by atoms with van der Waals surface area (Å²) >= 11 is 0. The van der Waals surface area contributed by atoms with E-state index in [9.17, 15) is 0 Å². The van der Waals surface area contributed by atoms with Gasteiger partial charge in [0.15, 0.2) is 0 Å². The first-order valence-electron chi connectivity index (χ1n) is 5.27. The van der Waals surface area contributed by atoms with Crippen molar-refractivity contribution in [3.8, 4) is 0 Å². The molecule has 0 amide bonds. The van der Waals surface area contributed by atoms with Crippen LogP contribution in [0.5, 0.6) is 0 Å². The van der Waals surface area contributed by atoms with Gasteiger partial charge in [-0.25, -0.2) is 0 Å². The van der Waals surface area contributed by atoms with Gasteiger partial charge in [-0.15, -0.1) is 0 Å². The molecule has 0 N–H and O–H groups in total. The highest BCUT2D eigenvalue weighted by molar-refractivity contribution is 4.87. The molecule has 2 aliphatic rings. The van der Waals surface area contributed by atoms with Gasteiger partial charge in [-0.2, -0.15) is 0 Å². The monoisotopic (exact) mass is 184 g/mol. The van der Waals surface area contributed by atoms with Crippen LogP contribution in [0.25, 0.3) is 0 Å². The molecule has 3 nitrogen and oxygen atoms in total. The molecule has 0 aromatic heterocycles. The Morgan fingerprint density at radius 3 is 2.38 bits per heavy atom. The zero-order chi connectivity index (χ0) is 9.26. The van der Waals surface area contributed by atoms with Crippen LogP contribution in [0.1, 0.15) is 6.92 Å². The Balaban J connectivity index is 1.91. The van der Waals surface area contributed by atoms with Crippen molar-refractivity contribution in [1.29, 1.82) is 0 Å². The highest BCUT2D eigenvalue weighted by Crippen LogP contribution is 2.20. The lowest BCUT2D eigenvalue weighted by Gasteiger charge is -2.34. The summed E-state index contributed by atoms with van der Waals surface area (Å²) in [6, 6.07) is 0.772. The third kappa shape index (κ3) is 2.03. The van der Waals surface area contributed by atoms with Crippen LogP contribution in [-0.4, -0.2) is 62.3 Å². The molecule has 0 saturated carbocycles. The van der Waals surface area contributed by atoms with Crippen molar-refractivity contribution >= 4 is 0 Å². The van der Waals surface area contributed by atoms with Crippen LogP contribution in [0, 0.1) is 5.92 Å². The fraction of sp³-hybridized carbons (Fsp3) is 1.00. The summed E-state index contributed by atoms with van der Waals surface area (Å²) in [5, 5.41) is 0. The van der Waals surface area contributed by atoms with Crippen molar-refractivity contribution < 1.29 is 4.74 Å². The van der Waals surface area contributed by atoms with E-state index in [-0.39, 0.29) is 0 Å². The van der Waals surface area contributed by atoms with Crippen molar-refractivity contribution in [1.82, 2.24) is 9.80 Å². The Labute approximate surface area is 80.6 Å². The van der Waals surface area contributed by atoms with Gasteiger partial charge in [0, 0.05) is 32.2 Å². The van der Waals surface area contributed by atoms with Crippen molar-refractivity contribution in [3.05, 3.63) is 0 Å². The molecule has 76 valence electrons. The van der Waals surface area contributed by atoms with Gasteiger partial charge in [0.1, 0.15) is 0 Å². The smallest absolute Gasteiger partial charge is 0.0594 e.